The minimum absolute atomic E-state index is 0.0304. The molecule has 2 aromatic carbocycles. The maximum atomic E-state index is 12.5. The van der Waals surface area contributed by atoms with Crippen molar-refractivity contribution in [2.45, 2.75) is 26.8 Å². The van der Waals surface area contributed by atoms with Gasteiger partial charge in [-0.05, 0) is 72.1 Å². The molecular formula is C26H29BrN4O8. The van der Waals surface area contributed by atoms with Gasteiger partial charge in [0, 0.05) is 5.70 Å². The normalized spacial score (nSPS) is 14.9. The third kappa shape index (κ3) is 7.41. The predicted molar refractivity (Wildman–Crippen MR) is 145 cm³/mol. The Balaban J connectivity index is 1.68. The van der Waals surface area contributed by atoms with Crippen LogP contribution in [0.1, 0.15) is 37.9 Å². The van der Waals surface area contributed by atoms with Crippen LogP contribution >= 0.6 is 15.9 Å². The number of nitrogens with zero attached hydrogens (tertiary/aromatic N) is 1. The minimum atomic E-state index is -0.776. The second kappa shape index (κ2) is 13.5. The monoisotopic (exact) mass is 604 g/mol. The number of hydrogen-bond acceptors (Lipinski definition) is 9. The molecule has 0 spiro atoms. The summed E-state index contributed by atoms with van der Waals surface area (Å²) < 4.78 is 22.0. The van der Waals surface area contributed by atoms with E-state index in [1.165, 1.54) is 13.3 Å². The number of amides is 3. The zero-order valence-corrected chi connectivity index (χ0v) is 23.4. The van der Waals surface area contributed by atoms with Gasteiger partial charge in [-0.25, -0.2) is 15.0 Å². The van der Waals surface area contributed by atoms with Crippen LogP contribution in [-0.4, -0.2) is 56.2 Å². The van der Waals surface area contributed by atoms with Gasteiger partial charge in [0.05, 0.1) is 42.6 Å². The summed E-state index contributed by atoms with van der Waals surface area (Å²) in [6.07, 6.45) is 1.39. The van der Waals surface area contributed by atoms with Crippen molar-refractivity contribution in [1.82, 2.24) is 16.1 Å². The number of phenolic OH excluding ortho intramolecular Hbond substituents is 1. The van der Waals surface area contributed by atoms with E-state index in [4.69, 9.17) is 18.9 Å². The lowest BCUT2D eigenvalue weighted by molar-refractivity contribution is -0.139. The lowest BCUT2D eigenvalue weighted by Gasteiger charge is -2.28. The highest BCUT2D eigenvalue weighted by molar-refractivity contribution is 9.10. The van der Waals surface area contributed by atoms with Crippen LogP contribution in [0.4, 0.5) is 4.79 Å². The molecule has 0 radical (unpaired) electrons. The van der Waals surface area contributed by atoms with Crippen LogP contribution in [0.5, 0.6) is 23.0 Å². The molecule has 12 nitrogen and oxygen atoms in total. The van der Waals surface area contributed by atoms with Crippen LogP contribution < -0.4 is 30.3 Å². The molecule has 1 atom stereocenters. The molecule has 0 bridgehead atoms. The van der Waals surface area contributed by atoms with E-state index in [9.17, 15) is 19.5 Å². The van der Waals surface area contributed by atoms with E-state index in [1.54, 1.807) is 51.1 Å². The summed E-state index contributed by atoms with van der Waals surface area (Å²) in [5.74, 6) is -0.288. The number of methoxy groups -OCH3 is 1. The molecule has 1 aliphatic heterocycles. The molecule has 0 saturated carbocycles. The van der Waals surface area contributed by atoms with E-state index in [-0.39, 0.29) is 41.8 Å². The molecule has 39 heavy (non-hydrogen) atoms. The van der Waals surface area contributed by atoms with Crippen LogP contribution in [0.3, 0.4) is 0 Å². The molecule has 3 rings (SSSR count). The van der Waals surface area contributed by atoms with Crippen LogP contribution in [0, 0.1) is 0 Å². The molecule has 1 aliphatic rings. The van der Waals surface area contributed by atoms with Crippen molar-refractivity contribution in [3.63, 3.8) is 0 Å². The highest BCUT2D eigenvalue weighted by atomic mass is 79.9. The fourth-order valence-corrected chi connectivity index (χ4v) is 4.15. The Morgan fingerprint density at radius 2 is 1.90 bits per heavy atom. The molecule has 1 heterocycles. The van der Waals surface area contributed by atoms with Crippen molar-refractivity contribution < 1.29 is 38.4 Å². The quantitative estimate of drug-likeness (QED) is 0.173. The molecule has 4 N–H and O–H groups in total. The number of carbonyl (C=O) groups is 3. The van der Waals surface area contributed by atoms with Gasteiger partial charge in [-0.15, -0.1) is 0 Å². The second-order valence-corrected chi connectivity index (χ2v) is 8.92. The summed E-state index contributed by atoms with van der Waals surface area (Å²) in [5, 5.41) is 19.2. The molecular weight excluding hydrogens is 576 g/mol. The average molecular weight is 605 g/mol. The van der Waals surface area contributed by atoms with Gasteiger partial charge < -0.3 is 34.7 Å². The van der Waals surface area contributed by atoms with Crippen LogP contribution in [-0.2, 0) is 14.3 Å². The van der Waals surface area contributed by atoms with Crippen molar-refractivity contribution in [2.75, 3.05) is 26.9 Å². The number of halogens is 1. The van der Waals surface area contributed by atoms with E-state index in [1.807, 2.05) is 0 Å². The third-order valence-electron chi connectivity index (χ3n) is 5.40. The second-order valence-electron chi connectivity index (χ2n) is 8.07. The topological polar surface area (TPSA) is 157 Å². The third-order valence-corrected chi connectivity index (χ3v) is 6.00. The Morgan fingerprint density at radius 1 is 1.13 bits per heavy atom. The maximum absolute atomic E-state index is 12.5. The number of esters is 1. The van der Waals surface area contributed by atoms with Crippen molar-refractivity contribution in [1.29, 1.82) is 0 Å². The van der Waals surface area contributed by atoms with Gasteiger partial charge in [-0.2, -0.15) is 5.10 Å². The van der Waals surface area contributed by atoms with E-state index in [0.717, 1.165) is 0 Å². The molecule has 208 valence electrons. The standard InChI is InChI=1S/C26H29BrN4O8/c1-5-37-20-10-15(9-17(27)24(20)33)12-28-31-21(32)13-39-18-8-7-16(11-19(18)36-4)23-22(25(34)38-6-2)14(3)29-26(35)30-23/h7-12,23,33H,5-6,13H2,1-4H3,(H,31,32)(H2,29,30,35)/b28-12-/t23-/m0/s1. The minimum Gasteiger partial charge on any atom is -0.503 e. The van der Waals surface area contributed by atoms with E-state index < -0.39 is 23.9 Å². The molecule has 0 aliphatic carbocycles. The number of hydrazone groups is 1. The summed E-state index contributed by atoms with van der Waals surface area (Å²) in [6, 6.07) is 6.78. The first-order chi connectivity index (χ1) is 18.7. The highest BCUT2D eigenvalue weighted by Gasteiger charge is 2.32. The Labute approximate surface area is 233 Å². The van der Waals surface area contributed by atoms with Gasteiger partial charge in [-0.3, -0.25) is 4.79 Å². The Bertz CT molecular complexity index is 1310. The Morgan fingerprint density at radius 3 is 2.59 bits per heavy atom. The largest absolute Gasteiger partial charge is 0.503 e. The van der Waals surface area contributed by atoms with Gasteiger partial charge in [0.1, 0.15) is 0 Å². The van der Waals surface area contributed by atoms with Crippen molar-refractivity contribution in [3.05, 3.63) is 57.2 Å². The number of urea groups is 1. The number of benzene rings is 2. The van der Waals surface area contributed by atoms with Crippen molar-refractivity contribution >= 4 is 40.1 Å². The fourth-order valence-electron chi connectivity index (χ4n) is 3.69. The molecule has 13 heteroatoms. The first kappa shape index (κ1) is 29.3. The number of carbonyl (C=O) groups excluding carboxylic acids is 3. The molecule has 0 saturated heterocycles. The lowest BCUT2D eigenvalue weighted by atomic mass is 9.95. The van der Waals surface area contributed by atoms with Crippen molar-refractivity contribution in [2.24, 2.45) is 5.10 Å². The SMILES string of the molecule is CCOC(=O)C1=C(C)NC(=O)N[C@H]1c1ccc(OCC(=O)N/N=C\c2cc(Br)c(O)c(OCC)c2)c(OC)c1. The van der Waals surface area contributed by atoms with Crippen molar-refractivity contribution in [3.8, 4) is 23.0 Å². The number of aromatic hydroxyl groups is 1. The lowest BCUT2D eigenvalue weighted by Crippen LogP contribution is -2.45. The summed E-state index contributed by atoms with van der Waals surface area (Å²) in [7, 11) is 1.43. The van der Waals surface area contributed by atoms with Gasteiger partial charge in [0.25, 0.3) is 5.91 Å². The molecule has 3 amide bonds. The fraction of sp³-hybridized carbons (Fsp3) is 0.308. The first-order valence-electron chi connectivity index (χ1n) is 11.9. The van der Waals surface area contributed by atoms with Crippen LogP contribution in [0.2, 0.25) is 0 Å². The number of allylic oxidation sites excluding steroid dienone is 1. The number of hydrogen-bond donors (Lipinski definition) is 4. The Kier molecular flexibility index (Phi) is 10.1. The summed E-state index contributed by atoms with van der Waals surface area (Å²) in [5.41, 5.74) is 4.14. The average Bonchev–Trinajstić information content (AvgIpc) is 2.89. The zero-order valence-electron chi connectivity index (χ0n) is 21.8. The van der Waals surface area contributed by atoms with Crippen LogP contribution in [0.25, 0.3) is 0 Å². The smallest absolute Gasteiger partial charge is 0.338 e. The van der Waals surface area contributed by atoms with E-state index in [0.29, 0.717) is 27.9 Å². The van der Waals surface area contributed by atoms with Gasteiger partial charge in [-0.1, -0.05) is 6.07 Å². The predicted octanol–water partition coefficient (Wildman–Crippen LogP) is 3.28. The summed E-state index contributed by atoms with van der Waals surface area (Å²) in [6.45, 7) is 5.29. The zero-order chi connectivity index (χ0) is 28.5. The molecule has 2 aromatic rings. The number of nitrogens with one attached hydrogen (secondary N) is 3. The number of ether oxygens (including phenoxy) is 4. The molecule has 0 unspecified atom stereocenters. The maximum Gasteiger partial charge on any atom is 0.338 e. The van der Waals surface area contributed by atoms with E-state index >= 15 is 0 Å². The first-order valence-corrected chi connectivity index (χ1v) is 12.7. The van der Waals surface area contributed by atoms with Gasteiger partial charge in [0.15, 0.2) is 29.6 Å². The van der Waals surface area contributed by atoms with Crippen LogP contribution in [0.15, 0.2) is 51.2 Å². The Hall–Kier alpha value is -4.26. The van der Waals surface area contributed by atoms with Gasteiger partial charge in [0.2, 0.25) is 0 Å². The summed E-state index contributed by atoms with van der Waals surface area (Å²) in [4.78, 5) is 36.9. The van der Waals surface area contributed by atoms with Gasteiger partial charge >= 0.3 is 12.0 Å². The summed E-state index contributed by atoms with van der Waals surface area (Å²) >= 11 is 3.25. The number of phenols is 1. The number of rotatable bonds is 11. The highest BCUT2D eigenvalue weighted by Crippen LogP contribution is 2.36. The van der Waals surface area contributed by atoms with E-state index in [2.05, 4.69) is 37.1 Å². The molecule has 0 fully saturated rings. The molecule has 0 aromatic heterocycles.